The van der Waals surface area contributed by atoms with Gasteiger partial charge in [-0.1, -0.05) is 12.1 Å². The number of methoxy groups -OCH3 is 1. The van der Waals surface area contributed by atoms with Crippen molar-refractivity contribution < 1.29 is 24.5 Å². The molecule has 2 fully saturated rings. The summed E-state index contributed by atoms with van der Waals surface area (Å²) >= 11 is 0. The van der Waals surface area contributed by atoms with Gasteiger partial charge in [0.1, 0.15) is 18.0 Å². The van der Waals surface area contributed by atoms with Crippen molar-refractivity contribution in [2.24, 2.45) is 5.92 Å². The van der Waals surface area contributed by atoms with Crippen LogP contribution in [0, 0.1) is 5.92 Å². The minimum Gasteiger partial charge on any atom is -0.497 e. The van der Waals surface area contributed by atoms with E-state index in [9.17, 15) is 15.0 Å². The van der Waals surface area contributed by atoms with Crippen molar-refractivity contribution in [2.75, 3.05) is 13.7 Å². The Morgan fingerprint density at radius 2 is 1.84 bits per heavy atom. The lowest BCUT2D eigenvalue weighted by atomic mass is 9.87. The second-order valence-electron chi connectivity index (χ2n) is 7.04. The van der Waals surface area contributed by atoms with Crippen molar-refractivity contribution in [2.45, 2.75) is 56.5 Å². The van der Waals surface area contributed by atoms with E-state index in [0.717, 1.165) is 11.3 Å². The molecule has 1 aromatic carbocycles. The van der Waals surface area contributed by atoms with Crippen molar-refractivity contribution in [3.05, 3.63) is 29.8 Å². The summed E-state index contributed by atoms with van der Waals surface area (Å²) in [7, 11) is 1.63. The van der Waals surface area contributed by atoms with E-state index in [0.29, 0.717) is 38.6 Å². The molecule has 1 aromatic rings. The van der Waals surface area contributed by atoms with Crippen LogP contribution in [0.2, 0.25) is 0 Å². The van der Waals surface area contributed by atoms with Gasteiger partial charge in [-0.3, -0.25) is 4.79 Å². The van der Waals surface area contributed by atoms with Crippen LogP contribution in [0.3, 0.4) is 0 Å². The van der Waals surface area contributed by atoms with Crippen LogP contribution in [0.25, 0.3) is 0 Å². The van der Waals surface area contributed by atoms with E-state index >= 15 is 0 Å². The lowest BCUT2D eigenvalue weighted by Gasteiger charge is -2.28. The number of hydrogen-bond acceptors (Lipinski definition) is 6. The zero-order valence-electron chi connectivity index (χ0n) is 14.6. The van der Waals surface area contributed by atoms with Gasteiger partial charge in [-0.2, -0.15) is 0 Å². The van der Waals surface area contributed by atoms with Crippen molar-refractivity contribution >= 4 is 5.97 Å². The molecule has 1 saturated carbocycles. The molecule has 2 aliphatic rings. The normalized spacial score (nSPS) is 32.4. The van der Waals surface area contributed by atoms with Crippen LogP contribution in [0.5, 0.6) is 5.75 Å². The number of nitrogens with one attached hydrogen (secondary N) is 1. The quantitative estimate of drug-likeness (QED) is 0.689. The van der Waals surface area contributed by atoms with Gasteiger partial charge in [-0.05, 0) is 49.8 Å². The number of esters is 1. The molecular formula is C19H27NO5. The van der Waals surface area contributed by atoms with Crippen LogP contribution >= 0.6 is 0 Å². The third-order valence-corrected chi connectivity index (χ3v) is 5.26. The Kier molecular flexibility index (Phi) is 5.93. The first-order chi connectivity index (χ1) is 12.1. The molecule has 1 aliphatic heterocycles. The van der Waals surface area contributed by atoms with E-state index < -0.39 is 12.2 Å². The molecule has 138 valence electrons. The molecule has 3 atom stereocenters. The van der Waals surface area contributed by atoms with Gasteiger partial charge in [0.15, 0.2) is 0 Å². The van der Waals surface area contributed by atoms with Crippen molar-refractivity contribution in [1.82, 2.24) is 5.32 Å². The summed E-state index contributed by atoms with van der Waals surface area (Å²) in [5.41, 5.74) is 1.09. The molecule has 0 radical (unpaired) electrons. The first kappa shape index (κ1) is 18.2. The number of aliphatic hydroxyl groups is 2. The second-order valence-corrected chi connectivity index (χ2v) is 7.04. The lowest BCUT2D eigenvalue weighted by molar-refractivity contribution is -0.160. The van der Waals surface area contributed by atoms with E-state index in [2.05, 4.69) is 5.32 Å². The summed E-state index contributed by atoms with van der Waals surface area (Å²) in [6, 6.07) is 7.64. The van der Waals surface area contributed by atoms with Gasteiger partial charge >= 0.3 is 5.97 Å². The molecule has 3 rings (SSSR count). The van der Waals surface area contributed by atoms with Crippen LogP contribution in [0.4, 0.5) is 0 Å². The van der Waals surface area contributed by atoms with Crippen LogP contribution in [-0.2, 0) is 16.0 Å². The molecule has 0 unspecified atom stereocenters. The molecule has 0 bridgehead atoms. The van der Waals surface area contributed by atoms with E-state index in [1.807, 2.05) is 24.3 Å². The number of carbonyl (C=O) groups is 1. The van der Waals surface area contributed by atoms with Gasteiger partial charge in [-0.25, -0.2) is 0 Å². The zero-order valence-corrected chi connectivity index (χ0v) is 14.6. The van der Waals surface area contributed by atoms with Gasteiger partial charge in [0.05, 0.1) is 25.2 Å². The molecule has 1 saturated heterocycles. The predicted molar refractivity (Wildman–Crippen MR) is 92.3 cm³/mol. The third kappa shape index (κ3) is 4.51. The van der Waals surface area contributed by atoms with E-state index in [1.54, 1.807) is 7.11 Å². The predicted octanol–water partition coefficient (Wildman–Crippen LogP) is 1.03. The molecule has 0 aromatic heterocycles. The third-order valence-electron chi connectivity index (χ3n) is 5.26. The summed E-state index contributed by atoms with van der Waals surface area (Å²) in [5.74, 6) is 0.378. The Hall–Kier alpha value is -1.63. The molecule has 1 aliphatic carbocycles. The first-order valence-electron chi connectivity index (χ1n) is 8.99. The maximum atomic E-state index is 12.4. The summed E-state index contributed by atoms with van der Waals surface area (Å²) in [5, 5.41) is 23.0. The minimum atomic E-state index is -0.693. The van der Waals surface area contributed by atoms with Crippen LogP contribution in [-0.4, -0.2) is 54.2 Å². The molecule has 0 spiro atoms. The highest BCUT2D eigenvalue weighted by Gasteiger charge is 2.39. The number of benzene rings is 1. The number of aliphatic hydroxyl groups excluding tert-OH is 2. The zero-order chi connectivity index (χ0) is 17.8. The maximum absolute atomic E-state index is 12.4. The molecule has 3 N–H and O–H groups in total. The van der Waals surface area contributed by atoms with Crippen molar-refractivity contribution in [3.63, 3.8) is 0 Å². The number of hydrogen-bond donors (Lipinski definition) is 3. The Bertz CT molecular complexity index is 568. The molecule has 6 nitrogen and oxygen atoms in total. The van der Waals surface area contributed by atoms with Gasteiger partial charge < -0.3 is 25.0 Å². The van der Waals surface area contributed by atoms with Crippen LogP contribution in [0.1, 0.15) is 31.2 Å². The fourth-order valence-corrected chi connectivity index (χ4v) is 3.68. The fraction of sp³-hybridized carbons (Fsp3) is 0.632. The second kappa shape index (κ2) is 8.17. The number of ether oxygens (including phenoxy) is 2. The highest BCUT2D eigenvalue weighted by atomic mass is 16.6. The molecule has 25 heavy (non-hydrogen) atoms. The topological polar surface area (TPSA) is 88.0 Å². The van der Waals surface area contributed by atoms with Crippen LogP contribution in [0.15, 0.2) is 24.3 Å². The Morgan fingerprint density at radius 3 is 2.48 bits per heavy atom. The summed E-state index contributed by atoms with van der Waals surface area (Å²) in [6.07, 6.45) is 1.72. The summed E-state index contributed by atoms with van der Waals surface area (Å²) in [6.45, 7) is 0.419. The number of carbonyl (C=O) groups excluding carboxylic acids is 1. The molecular weight excluding hydrogens is 322 g/mol. The van der Waals surface area contributed by atoms with Gasteiger partial charge in [0, 0.05) is 6.54 Å². The maximum Gasteiger partial charge on any atom is 0.309 e. The monoisotopic (exact) mass is 349 g/mol. The van der Waals surface area contributed by atoms with Gasteiger partial charge in [0.2, 0.25) is 0 Å². The Balaban J connectivity index is 1.59. The first-order valence-corrected chi connectivity index (χ1v) is 8.99. The van der Waals surface area contributed by atoms with Crippen molar-refractivity contribution in [3.8, 4) is 5.75 Å². The highest BCUT2D eigenvalue weighted by Crippen LogP contribution is 2.27. The largest absolute Gasteiger partial charge is 0.497 e. The Labute approximate surface area is 148 Å². The van der Waals surface area contributed by atoms with E-state index in [-0.39, 0.29) is 24.0 Å². The van der Waals surface area contributed by atoms with E-state index in [4.69, 9.17) is 9.47 Å². The molecule has 0 amide bonds. The number of β-amino-alcohol motifs (C(OH)–C–C–N with tert-alkyl or cyclic N) is 1. The molecule has 1 heterocycles. The standard InChI is InChI=1S/C19H27NO5/c1-24-15-8-2-12(3-9-15)10-16-18(17(22)11-20-16)25-19(23)13-4-6-14(21)7-5-13/h2-3,8-9,13-14,16-18,20-22H,4-7,10-11H2,1H3/t13?,14?,16-,17+,18+/m1/s1. The Morgan fingerprint density at radius 1 is 1.16 bits per heavy atom. The average Bonchev–Trinajstić information content (AvgIpc) is 2.96. The van der Waals surface area contributed by atoms with E-state index in [1.165, 1.54) is 0 Å². The summed E-state index contributed by atoms with van der Waals surface area (Å²) < 4.78 is 10.8. The average molecular weight is 349 g/mol. The SMILES string of the molecule is COc1ccc(C[C@H]2NC[C@H](O)[C@H]2OC(=O)C2CCC(O)CC2)cc1. The smallest absolute Gasteiger partial charge is 0.309 e. The fourth-order valence-electron chi connectivity index (χ4n) is 3.68. The highest BCUT2D eigenvalue weighted by molar-refractivity contribution is 5.72. The van der Waals surface area contributed by atoms with Gasteiger partial charge in [0.25, 0.3) is 0 Å². The minimum absolute atomic E-state index is 0.110. The van der Waals surface area contributed by atoms with Crippen LogP contribution < -0.4 is 10.1 Å². The number of rotatable bonds is 5. The molecule has 6 heteroatoms. The van der Waals surface area contributed by atoms with Crippen molar-refractivity contribution in [1.29, 1.82) is 0 Å². The van der Waals surface area contributed by atoms with Gasteiger partial charge in [-0.15, -0.1) is 0 Å². The summed E-state index contributed by atoms with van der Waals surface area (Å²) in [4.78, 5) is 12.4. The lowest BCUT2D eigenvalue weighted by Crippen LogP contribution is -2.40.